The third-order valence-corrected chi connectivity index (χ3v) is 7.68. The predicted molar refractivity (Wildman–Crippen MR) is 149 cm³/mol. The minimum atomic E-state index is -0.764. The largest absolute Gasteiger partial charge is 0.481 e. The fraction of sp³-hybridized carbons (Fsp3) is 0.355. The highest BCUT2D eigenvalue weighted by molar-refractivity contribution is 6.30. The van der Waals surface area contributed by atoms with E-state index in [1.807, 2.05) is 78.9 Å². The first-order chi connectivity index (χ1) is 17.8. The summed E-state index contributed by atoms with van der Waals surface area (Å²) in [5, 5.41) is 13.4. The van der Waals surface area contributed by atoms with Crippen LogP contribution in [0.3, 0.4) is 0 Å². The van der Waals surface area contributed by atoms with Crippen molar-refractivity contribution < 1.29 is 14.7 Å². The van der Waals surface area contributed by atoms with Crippen LogP contribution in [0, 0.1) is 0 Å². The standard InChI is InChI=1S/C31H35ClN2O3/c1-31(22-29(35)36,24-10-3-2-4-11-24)17-8-18-34-19-15-26(16-20-34)33-30(37)28-14-6-5-13-27(28)23-9-7-12-25(32)21-23/h2-7,9-14,21,26H,8,15-20,22H2,1H3,(H,33,37)(H,35,36). The number of benzene rings is 3. The summed E-state index contributed by atoms with van der Waals surface area (Å²) in [7, 11) is 0. The monoisotopic (exact) mass is 518 g/mol. The van der Waals surface area contributed by atoms with Crippen molar-refractivity contribution in [1.82, 2.24) is 10.2 Å². The molecule has 37 heavy (non-hydrogen) atoms. The van der Waals surface area contributed by atoms with Crippen molar-refractivity contribution in [3.05, 3.63) is 95.0 Å². The quantitative estimate of drug-likeness (QED) is 0.325. The molecule has 1 unspecified atom stereocenters. The maximum absolute atomic E-state index is 13.2. The van der Waals surface area contributed by atoms with Crippen LogP contribution in [0.25, 0.3) is 11.1 Å². The summed E-state index contributed by atoms with van der Waals surface area (Å²) >= 11 is 6.18. The van der Waals surface area contributed by atoms with Gasteiger partial charge in [-0.3, -0.25) is 9.59 Å². The molecule has 1 aliphatic rings. The van der Waals surface area contributed by atoms with E-state index in [0.717, 1.165) is 62.0 Å². The lowest BCUT2D eigenvalue weighted by molar-refractivity contribution is -0.138. The highest BCUT2D eigenvalue weighted by atomic mass is 35.5. The molecule has 0 aromatic heterocycles. The molecule has 3 aromatic rings. The van der Waals surface area contributed by atoms with Gasteiger partial charge in [0.15, 0.2) is 0 Å². The van der Waals surface area contributed by atoms with E-state index >= 15 is 0 Å². The minimum absolute atomic E-state index is 0.0543. The third kappa shape index (κ3) is 7.21. The number of hydrogen-bond donors (Lipinski definition) is 2. The first kappa shape index (κ1) is 26.9. The number of likely N-dealkylation sites (tertiary alicyclic amines) is 1. The minimum Gasteiger partial charge on any atom is -0.481 e. The zero-order chi connectivity index (χ0) is 26.3. The Hall–Kier alpha value is -3.15. The smallest absolute Gasteiger partial charge is 0.304 e. The van der Waals surface area contributed by atoms with E-state index in [1.54, 1.807) is 0 Å². The van der Waals surface area contributed by atoms with Gasteiger partial charge in [0, 0.05) is 35.1 Å². The number of hydrogen-bond acceptors (Lipinski definition) is 3. The average molecular weight is 519 g/mol. The molecule has 194 valence electrons. The molecule has 1 atom stereocenters. The summed E-state index contributed by atoms with van der Waals surface area (Å²) in [6.07, 6.45) is 3.68. The number of carbonyl (C=O) groups excluding carboxylic acids is 1. The Kier molecular flexibility index (Phi) is 9.01. The van der Waals surface area contributed by atoms with E-state index in [1.165, 1.54) is 0 Å². The summed E-state index contributed by atoms with van der Waals surface area (Å²) in [5.41, 5.74) is 3.17. The fourth-order valence-corrected chi connectivity index (χ4v) is 5.55. The SMILES string of the molecule is CC(CCCN1CCC(NC(=O)c2ccccc2-c2cccc(Cl)c2)CC1)(CC(=O)O)c1ccccc1. The Morgan fingerprint density at radius 2 is 1.70 bits per heavy atom. The van der Waals surface area contributed by atoms with Gasteiger partial charge in [-0.2, -0.15) is 0 Å². The molecule has 1 heterocycles. The Morgan fingerprint density at radius 1 is 1.00 bits per heavy atom. The van der Waals surface area contributed by atoms with E-state index in [2.05, 4.69) is 17.1 Å². The van der Waals surface area contributed by atoms with Gasteiger partial charge in [-0.25, -0.2) is 0 Å². The highest BCUT2D eigenvalue weighted by Gasteiger charge is 2.30. The lowest BCUT2D eigenvalue weighted by Gasteiger charge is -2.34. The molecule has 1 amide bonds. The number of amides is 1. The summed E-state index contributed by atoms with van der Waals surface area (Å²) in [5.74, 6) is -0.818. The molecule has 1 fully saturated rings. The van der Waals surface area contributed by atoms with Gasteiger partial charge in [-0.15, -0.1) is 0 Å². The van der Waals surface area contributed by atoms with Gasteiger partial charge < -0.3 is 15.3 Å². The summed E-state index contributed by atoms with van der Waals surface area (Å²) in [4.78, 5) is 27.1. The molecule has 4 rings (SSSR count). The average Bonchev–Trinajstić information content (AvgIpc) is 2.90. The Labute approximate surface area is 224 Å². The Balaban J connectivity index is 1.29. The zero-order valence-corrected chi connectivity index (χ0v) is 22.1. The molecule has 1 aliphatic heterocycles. The van der Waals surface area contributed by atoms with Crippen LogP contribution in [-0.2, 0) is 10.2 Å². The number of halogens is 1. The number of aliphatic carboxylic acids is 1. The third-order valence-electron chi connectivity index (χ3n) is 7.45. The normalized spacial score (nSPS) is 16.2. The van der Waals surface area contributed by atoms with Crippen molar-refractivity contribution in [3.63, 3.8) is 0 Å². The van der Waals surface area contributed by atoms with Gasteiger partial charge in [0.05, 0.1) is 6.42 Å². The van der Waals surface area contributed by atoms with Crippen LogP contribution in [0.1, 0.15) is 54.9 Å². The molecule has 0 radical (unpaired) electrons. The number of nitrogens with zero attached hydrogens (tertiary/aromatic N) is 1. The Morgan fingerprint density at radius 3 is 2.41 bits per heavy atom. The summed E-state index contributed by atoms with van der Waals surface area (Å²) in [6.45, 7) is 4.82. The van der Waals surface area contributed by atoms with E-state index in [4.69, 9.17) is 11.6 Å². The number of carboxylic acid groups (broad SMARTS) is 1. The van der Waals surface area contributed by atoms with Crippen LogP contribution in [0.4, 0.5) is 0 Å². The van der Waals surface area contributed by atoms with Crippen molar-refractivity contribution in [2.24, 2.45) is 0 Å². The number of carboxylic acids is 1. The summed E-state index contributed by atoms with van der Waals surface area (Å²) < 4.78 is 0. The number of nitrogens with one attached hydrogen (secondary N) is 1. The first-order valence-electron chi connectivity index (χ1n) is 13.0. The van der Waals surface area contributed by atoms with Crippen LogP contribution in [0.2, 0.25) is 5.02 Å². The number of piperidine rings is 1. The molecule has 0 spiro atoms. The van der Waals surface area contributed by atoms with Gasteiger partial charge in [0.1, 0.15) is 0 Å². The Bertz CT molecular complexity index is 1210. The predicted octanol–water partition coefficient (Wildman–Crippen LogP) is 6.41. The van der Waals surface area contributed by atoms with Gasteiger partial charge in [0.2, 0.25) is 0 Å². The van der Waals surface area contributed by atoms with E-state index in [-0.39, 0.29) is 23.8 Å². The van der Waals surface area contributed by atoms with E-state index in [9.17, 15) is 14.7 Å². The van der Waals surface area contributed by atoms with Crippen LogP contribution in [-0.4, -0.2) is 47.6 Å². The molecule has 6 heteroatoms. The molecular formula is C31H35ClN2O3. The van der Waals surface area contributed by atoms with Crippen LogP contribution < -0.4 is 5.32 Å². The molecule has 0 aliphatic carbocycles. The van der Waals surface area contributed by atoms with Gasteiger partial charge in [-0.05, 0) is 67.1 Å². The van der Waals surface area contributed by atoms with Crippen LogP contribution in [0.15, 0.2) is 78.9 Å². The second-order valence-corrected chi connectivity index (χ2v) is 10.7. The molecule has 1 saturated heterocycles. The molecular weight excluding hydrogens is 484 g/mol. The van der Waals surface area contributed by atoms with Crippen molar-refractivity contribution in [1.29, 1.82) is 0 Å². The maximum Gasteiger partial charge on any atom is 0.304 e. The van der Waals surface area contributed by atoms with E-state index in [0.29, 0.717) is 10.6 Å². The van der Waals surface area contributed by atoms with Gasteiger partial charge >= 0.3 is 5.97 Å². The second-order valence-electron chi connectivity index (χ2n) is 10.2. The summed E-state index contributed by atoms with van der Waals surface area (Å²) in [6, 6.07) is 25.3. The lowest BCUT2D eigenvalue weighted by Crippen LogP contribution is -2.45. The molecule has 2 N–H and O–H groups in total. The zero-order valence-electron chi connectivity index (χ0n) is 21.3. The molecule has 0 bridgehead atoms. The van der Waals surface area contributed by atoms with Gasteiger partial charge in [0.25, 0.3) is 5.91 Å². The van der Waals surface area contributed by atoms with Crippen molar-refractivity contribution in [3.8, 4) is 11.1 Å². The van der Waals surface area contributed by atoms with Crippen molar-refractivity contribution >= 4 is 23.5 Å². The van der Waals surface area contributed by atoms with Crippen molar-refractivity contribution in [2.75, 3.05) is 19.6 Å². The number of rotatable bonds is 10. The fourth-order valence-electron chi connectivity index (χ4n) is 5.35. The molecule has 0 saturated carbocycles. The molecule has 3 aromatic carbocycles. The maximum atomic E-state index is 13.2. The van der Waals surface area contributed by atoms with Gasteiger partial charge in [-0.1, -0.05) is 79.2 Å². The van der Waals surface area contributed by atoms with Crippen LogP contribution in [0.5, 0.6) is 0 Å². The second kappa shape index (κ2) is 12.4. The topological polar surface area (TPSA) is 69.6 Å². The lowest BCUT2D eigenvalue weighted by atomic mass is 9.76. The highest BCUT2D eigenvalue weighted by Crippen LogP contribution is 2.33. The first-order valence-corrected chi connectivity index (χ1v) is 13.4. The van der Waals surface area contributed by atoms with Crippen molar-refractivity contribution in [2.45, 2.75) is 50.5 Å². The van der Waals surface area contributed by atoms with Crippen LogP contribution >= 0.6 is 11.6 Å². The van der Waals surface area contributed by atoms with E-state index < -0.39 is 5.97 Å². The number of carbonyl (C=O) groups is 2. The molecule has 5 nitrogen and oxygen atoms in total.